The summed E-state index contributed by atoms with van der Waals surface area (Å²) in [4.78, 5) is 16.9. The van der Waals surface area contributed by atoms with Gasteiger partial charge in [-0.05, 0) is 26.8 Å². The van der Waals surface area contributed by atoms with Gasteiger partial charge in [0.15, 0.2) is 0 Å². The number of nitrogens with zero attached hydrogens (tertiary/aromatic N) is 2. The Hall–Kier alpha value is -2.54. The molecule has 0 radical (unpaired) electrons. The van der Waals surface area contributed by atoms with Crippen LogP contribution in [0.2, 0.25) is 0 Å². The van der Waals surface area contributed by atoms with E-state index >= 15 is 0 Å². The second-order valence-corrected chi connectivity index (χ2v) is 6.75. The fourth-order valence-corrected chi connectivity index (χ4v) is 2.58. The highest BCUT2D eigenvalue weighted by Gasteiger charge is 2.25. The Morgan fingerprint density at radius 2 is 2.04 bits per heavy atom. The van der Waals surface area contributed by atoms with Crippen LogP contribution in [0.5, 0.6) is 0 Å². The van der Waals surface area contributed by atoms with Gasteiger partial charge in [0, 0.05) is 24.0 Å². The zero-order valence-electron chi connectivity index (χ0n) is 15.0. The van der Waals surface area contributed by atoms with E-state index in [-0.39, 0.29) is 0 Å². The molecular formula is C18H26N4O3. The quantitative estimate of drug-likeness (QED) is 0.666. The molecule has 7 heteroatoms. The number of hydrogen-bond acceptors (Lipinski definition) is 5. The van der Waals surface area contributed by atoms with Crippen molar-refractivity contribution in [2.24, 2.45) is 0 Å². The number of nitrogen functional groups attached to an aromatic ring is 1. The Balaban J connectivity index is 1.82. The molecule has 1 heterocycles. The number of anilines is 2. The third-order valence-electron chi connectivity index (χ3n) is 3.85. The Bertz CT molecular complexity index is 728. The van der Waals surface area contributed by atoms with E-state index in [1.54, 1.807) is 6.20 Å². The van der Waals surface area contributed by atoms with Crippen LogP contribution in [0.4, 0.5) is 16.2 Å². The molecule has 136 valence electrons. The van der Waals surface area contributed by atoms with Crippen LogP contribution >= 0.6 is 0 Å². The van der Waals surface area contributed by atoms with Gasteiger partial charge in [-0.15, -0.1) is 0 Å². The molecule has 0 aliphatic carbocycles. The number of nitrogens with one attached hydrogen (secondary N) is 1. The van der Waals surface area contributed by atoms with E-state index in [1.165, 1.54) is 4.90 Å². The van der Waals surface area contributed by atoms with Crippen LogP contribution in [0.25, 0.3) is 10.9 Å². The van der Waals surface area contributed by atoms with Crippen molar-refractivity contribution in [2.45, 2.75) is 26.3 Å². The fourth-order valence-electron chi connectivity index (χ4n) is 2.58. The highest BCUT2D eigenvalue weighted by Crippen LogP contribution is 2.27. The van der Waals surface area contributed by atoms with Crippen molar-refractivity contribution in [1.82, 2.24) is 9.88 Å². The van der Waals surface area contributed by atoms with Crippen LogP contribution in [0, 0.1) is 0 Å². The molecule has 1 aromatic carbocycles. The van der Waals surface area contributed by atoms with Crippen molar-refractivity contribution in [1.29, 1.82) is 0 Å². The number of carbonyl (C=O) groups is 1. The van der Waals surface area contributed by atoms with E-state index in [4.69, 9.17) is 10.5 Å². The maximum Gasteiger partial charge on any atom is 0.407 e. The highest BCUT2D eigenvalue weighted by atomic mass is 16.5. The summed E-state index contributed by atoms with van der Waals surface area (Å²) in [6, 6.07) is 7.78. The van der Waals surface area contributed by atoms with E-state index in [2.05, 4.69) is 10.3 Å². The second kappa shape index (κ2) is 8.02. The maximum absolute atomic E-state index is 11.3. The van der Waals surface area contributed by atoms with Crippen molar-refractivity contribution in [3.05, 3.63) is 30.5 Å². The molecular weight excluding hydrogens is 320 g/mol. The molecule has 4 N–H and O–H groups in total. The van der Waals surface area contributed by atoms with E-state index < -0.39 is 11.6 Å². The minimum atomic E-state index is -0.940. The molecule has 0 fully saturated rings. The number of rotatable bonds is 7. The van der Waals surface area contributed by atoms with E-state index in [1.807, 2.05) is 45.0 Å². The van der Waals surface area contributed by atoms with E-state index in [0.717, 1.165) is 16.6 Å². The molecule has 0 saturated heterocycles. The Kier molecular flexibility index (Phi) is 6.03. The Morgan fingerprint density at radius 3 is 2.72 bits per heavy atom. The maximum atomic E-state index is 11.3. The van der Waals surface area contributed by atoms with Gasteiger partial charge in [0.25, 0.3) is 0 Å². The van der Waals surface area contributed by atoms with Crippen LogP contribution in [-0.4, -0.2) is 52.9 Å². The summed E-state index contributed by atoms with van der Waals surface area (Å²) in [7, 11) is 0. The number of benzene rings is 1. The van der Waals surface area contributed by atoms with Crippen molar-refractivity contribution in [2.75, 3.05) is 37.4 Å². The number of ether oxygens (including phenoxy) is 1. The van der Waals surface area contributed by atoms with E-state index in [0.29, 0.717) is 32.0 Å². The van der Waals surface area contributed by atoms with Gasteiger partial charge >= 0.3 is 6.09 Å². The topological polar surface area (TPSA) is 101 Å². The van der Waals surface area contributed by atoms with Gasteiger partial charge in [0.1, 0.15) is 0 Å². The zero-order chi connectivity index (χ0) is 18.4. The lowest BCUT2D eigenvalue weighted by Crippen LogP contribution is -2.46. The predicted molar refractivity (Wildman–Crippen MR) is 99.9 cm³/mol. The molecule has 2 aromatic rings. The lowest BCUT2D eigenvalue weighted by atomic mass is 10.1. The fraction of sp³-hybridized carbons (Fsp3) is 0.444. The number of pyridine rings is 1. The third-order valence-corrected chi connectivity index (χ3v) is 3.85. The third kappa shape index (κ3) is 4.96. The minimum Gasteiger partial charge on any atom is -0.465 e. The number of carboxylic acid groups (broad SMARTS) is 1. The zero-order valence-corrected chi connectivity index (χ0v) is 15.0. The summed E-state index contributed by atoms with van der Waals surface area (Å²) in [6.07, 6.45) is 0.699. The highest BCUT2D eigenvalue weighted by molar-refractivity contribution is 5.96. The van der Waals surface area contributed by atoms with Crippen molar-refractivity contribution in [3.8, 4) is 0 Å². The molecule has 1 aromatic heterocycles. The van der Waals surface area contributed by atoms with Crippen LogP contribution in [0.15, 0.2) is 30.5 Å². The average molecular weight is 346 g/mol. The number of para-hydroxylation sites is 1. The number of fused-ring (bicyclic) bond motifs is 1. The number of hydrogen-bond donors (Lipinski definition) is 3. The van der Waals surface area contributed by atoms with Crippen molar-refractivity contribution in [3.63, 3.8) is 0 Å². The smallest absolute Gasteiger partial charge is 0.407 e. The van der Waals surface area contributed by atoms with Crippen LogP contribution in [0.1, 0.15) is 20.8 Å². The summed E-state index contributed by atoms with van der Waals surface area (Å²) in [5, 5.41) is 13.5. The van der Waals surface area contributed by atoms with Gasteiger partial charge in [0.2, 0.25) is 0 Å². The van der Waals surface area contributed by atoms with Crippen LogP contribution in [-0.2, 0) is 4.74 Å². The summed E-state index contributed by atoms with van der Waals surface area (Å²) in [5.74, 6) is 0. The Labute approximate surface area is 147 Å². The summed E-state index contributed by atoms with van der Waals surface area (Å²) in [6.45, 7) is 7.28. The van der Waals surface area contributed by atoms with E-state index in [9.17, 15) is 9.90 Å². The molecule has 0 saturated carbocycles. The average Bonchev–Trinajstić information content (AvgIpc) is 2.54. The van der Waals surface area contributed by atoms with Gasteiger partial charge in [-0.3, -0.25) is 4.98 Å². The molecule has 0 bridgehead atoms. The first-order chi connectivity index (χ1) is 11.8. The van der Waals surface area contributed by atoms with Gasteiger partial charge in [0.05, 0.1) is 36.3 Å². The number of aromatic nitrogens is 1. The molecule has 0 spiro atoms. The first-order valence-electron chi connectivity index (χ1n) is 8.26. The van der Waals surface area contributed by atoms with Crippen molar-refractivity contribution >= 4 is 28.4 Å². The van der Waals surface area contributed by atoms with Crippen LogP contribution < -0.4 is 11.1 Å². The molecule has 0 aliphatic rings. The first kappa shape index (κ1) is 18.8. The first-order valence-corrected chi connectivity index (χ1v) is 8.26. The molecule has 1 amide bonds. The lowest BCUT2D eigenvalue weighted by Gasteiger charge is -2.33. The van der Waals surface area contributed by atoms with Gasteiger partial charge in [-0.1, -0.05) is 18.2 Å². The lowest BCUT2D eigenvalue weighted by molar-refractivity contribution is 0.0639. The molecule has 25 heavy (non-hydrogen) atoms. The van der Waals surface area contributed by atoms with Crippen LogP contribution in [0.3, 0.4) is 0 Å². The summed E-state index contributed by atoms with van der Waals surface area (Å²) < 4.78 is 5.56. The largest absolute Gasteiger partial charge is 0.465 e. The predicted octanol–water partition coefficient (Wildman–Crippen LogP) is 3.02. The van der Waals surface area contributed by atoms with Gasteiger partial charge < -0.3 is 25.8 Å². The molecule has 7 nitrogen and oxygen atoms in total. The molecule has 0 atom stereocenters. The second-order valence-electron chi connectivity index (χ2n) is 6.75. The Morgan fingerprint density at radius 1 is 1.32 bits per heavy atom. The molecule has 0 aliphatic heterocycles. The van der Waals surface area contributed by atoms with Crippen molar-refractivity contribution < 1.29 is 14.6 Å². The van der Waals surface area contributed by atoms with Gasteiger partial charge in [-0.2, -0.15) is 0 Å². The normalized spacial score (nSPS) is 11.5. The minimum absolute atomic E-state index is 0.332. The molecule has 2 rings (SSSR count). The van der Waals surface area contributed by atoms with Gasteiger partial charge in [-0.25, -0.2) is 4.79 Å². The SMILES string of the molecule is CC(C)(C)N(CCOCCNc1c(N)cnc2ccccc12)C(=O)O. The monoisotopic (exact) mass is 346 g/mol. The summed E-state index contributed by atoms with van der Waals surface area (Å²) in [5.41, 5.74) is 7.87. The molecule has 0 unspecified atom stereocenters. The standard InChI is InChI=1S/C18H26N4O3/c1-18(2,3)22(17(23)24)9-11-25-10-8-20-16-13-6-4-5-7-15(13)21-12-14(16)19/h4-7,12H,8-11,19H2,1-3H3,(H,20,21)(H,23,24). The number of amides is 1. The summed E-state index contributed by atoms with van der Waals surface area (Å²) >= 11 is 0. The number of nitrogens with two attached hydrogens (primary N) is 1.